The highest BCUT2D eigenvalue weighted by atomic mass is 32.3. The zero-order valence-corrected chi connectivity index (χ0v) is 15.7. The standard InChI is InChI=1S/C12H12O2S6/c1-5-6(2)16-10-9(15-5)19-12(20-10)11-17-7-8(18-11)14-4-3-13-7/h5-6H,3-4H2,1-2H3/t5-,6+. The Kier molecular flexibility index (Phi) is 4.24. The van der Waals surface area contributed by atoms with Gasteiger partial charge < -0.3 is 9.47 Å². The Morgan fingerprint density at radius 2 is 1.15 bits per heavy atom. The van der Waals surface area contributed by atoms with Crippen LogP contribution in [-0.2, 0) is 9.47 Å². The lowest BCUT2D eigenvalue weighted by Gasteiger charge is -2.24. The van der Waals surface area contributed by atoms with E-state index in [9.17, 15) is 0 Å². The van der Waals surface area contributed by atoms with E-state index in [2.05, 4.69) is 13.8 Å². The van der Waals surface area contributed by atoms with Crippen molar-refractivity contribution in [1.82, 2.24) is 0 Å². The van der Waals surface area contributed by atoms with Gasteiger partial charge in [-0.3, -0.25) is 0 Å². The molecule has 108 valence electrons. The first kappa shape index (κ1) is 14.5. The number of hydrogen-bond acceptors (Lipinski definition) is 8. The number of ether oxygens (including phenoxy) is 2. The molecule has 20 heavy (non-hydrogen) atoms. The van der Waals surface area contributed by atoms with Crippen LogP contribution < -0.4 is 0 Å². The van der Waals surface area contributed by atoms with Crippen LogP contribution in [-0.4, -0.2) is 23.7 Å². The van der Waals surface area contributed by atoms with Crippen molar-refractivity contribution in [1.29, 1.82) is 0 Å². The van der Waals surface area contributed by atoms with Gasteiger partial charge in [0, 0.05) is 10.5 Å². The maximum absolute atomic E-state index is 5.66. The predicted octanol–water partition coefficient (Wildman–Crippen LogP) is 5.63. The van der Waals surface area contributed by atoms with E-state index in [4.69, 9.17) is 9.47 Å². The molecule has 0 spiro atoms. The zero-order valence-electron chi connectivity index (χ0n) is 10.8. The summed E-state index contributed by atoms with van der Waals surface area (Å²) < 4.78 is 17.0. The third kappa shape index (κ3) is 2.65. The predicted molar refractivity (Wildman–Crippen MR) is 97.5 cm³/mol. The first-order chi connectivity index (χ1) is 9.70. The number of rotatable bonds is 0. The quantitative estimate of drug-likeness (QED) is 0.531. The van der Waals surface area contributed by atoms with Gasteiger partial charge in [-0.1, -0.05) is 37.4 Å². The van der Waals surface area contributed by atoms with Gasteiger partial charge in [0.15, 0.2) is 0 Å². The highest BCUT2D eigenvalue weighted by Gasteiger charge is 2.36. The summed E-state index contributed by atoms with van der Waals surface area (Å²) in [5, 5.41) is 3.30. The van der Waals surface area contributed by atoms with Gasteiger partial charge in [-0.05, 0) is 23.5 Å². The molecule has 0 N–H and O–H groups in total. The molecule has 0 radical (unpaired) electrons. The monoisotopic (exact) mass is 380 g/mol. The molecule has 0 amide bonds. The van der Waals surface area contributed by atoms with Crippen molar-refractivity contribution in [3.05, 3.63) is 27.1 Å². The molecule has 0 saturated heterocycles. The zero-order chi connectivity index (χ0) is 13.7. The molecule has 0 bridgehead atoms. The van der Waals surface area contributed by atoms with Gasteiger partial charge in [-0.2, -0.15) is 0 Å². The van der Waals surface area contributed by atoms with Crippen molar-refractivity contribution >= 4 is 70.6 Å². The van der Waals surface area contributed by atoms with Crippen LogP contribution in [0.25, 0.3) is 0 Å². The lowest BCUT2D eigenvalue weighted by atomic mass is 10.4. The van der Waals surface area contributed by atoms with E-state index >= 15 is 0 Å². The minimum absolute atomic E-state index is 0.671. The summed E-state index contributed by atoms with van der Waals surface area (Å²) in [6.07, 6.45) is 0. The Hall–Kier alpha value is 0.920. The molecule has 2 atom stereocenters. The minimum Gasteiger partial charge on any atom is -0.480 e. The molecule has 0 fully saturated rings. The van der Waals surface area contributed by atoms with E-state index < -0.39 is 0 Å². The highest BCUT2D eigenvalue weighted by molar-refractivity contribution is 8.43. The smallest absolute Gasteiger partial charge is 0.208 e. The second-order valence-corrected chi connectivity index (χ2v) is 12.3. The summed E-state index contributed by atoms with van der Waals surface area (Å²) >= 11 is 11.4. The van der Waals surface area contributed by atoms with E-state index in [0.29, 0.717) is 23.7 Å². The highest BCUT2D eigenvalue weighted by Crippen LogP contribution is 2.66. The van der Waals surface area contributed by atoms with E-state index in [-0.39, 0.29) is 0 Å². The Morgan fingerprint density at radius 1 is 0.700 bits per heavy atom. The summed E-state index contributed by atoms with van der Waals surface area (Å²) in [4.78, 5) is 0. The van der Waals surface area contributed by atoms with Gasteiger partial charge in [0.1, 0.15) is 13.2 Å². The molecule has 0 aromatic rings. The van der Waals surface area contributed by atoms with Crippen molar-refractivity contribution in [3.63, 3.8) is 0 Å². The van der Waals surface area contributed by atoms with Crippen LogP contribution in [0, 0.1) is 0 Å². The van der Waals surface area contributed by atoms with Crippen LogP contribution in [0.15, 0.2) is 27.1 Å². The van der Waals surface area contributed by atoms with Crippen molar-refractivity contribution in [3.8, 4) is 0 Å². The second kappa shape index (κ2) is 5.85. The Morgan fingerprint density at radius 3 is 1.65 bits per heavy atom. The third-order valence-electron chi connectivity index (χ3n) is 3.04. The largest absolute Gasteiger partial charge is 0.480 e. The molecule has 8 heteroatoms. The summed E-state index contributed by atoms with van der Waals surface area (Å²) in [6, 6.07) is 0. The molecule has 0 saturated carbocycles. The van der Waals surface area contributed by atoms with E-state index in [1.165, 1.54) is 16.9 Å². The molecular formula is C12H12O2S6. The van der Waals surface area contributed by atoms with Gasteiger partial charge in [0.25, 0.3) is 0 Å². The average molecular weight is 381 g/mol. The molecule has 4 aliphatic rings. The summed E-state index contributed by atoms with van der Waals surface area (Å²) in [5.41, 5.74) is 0. The molecule has 0 aromatic heterocycles. The topological polar surface area (TPSA) is 18.5 Å². The fourth-order valence-electron chi connectivity index (χ4n) is 1.83. The fourth-order valence-corrected chi connectivity index (χ4v) is 10.9. The molecule has 4 rings (SSSR count). The molecule has 0 aromatic carbocycles. The van der Waals surface area contributed by atoms with Crippen molar-refractivity contribution in [2.24, 2.45) is 0 Å². The molecule has 2 nitrogen and oxygen atoms in total. The normalized spacial score (nSPS) is 33.1. The summed E-state index contributed by atoms with van der Waals surface area (Å²) in [6.45, 7) is 5.99. The minimum atomic E-state index is 0.671. The van der Waals surface area contributed by atoms with Crippen LogP contribution >= 0.6 is 70.6 Å². The number of hydrogen-bond donors (Lipinski definition) is 0. The lowest BCUT2D eigenvalue weighted by molar-refractivity contribution is 0.0949. The van der Waals surface area contributed by atoms with E-state index in [1.54, 1.807) is 23.5 Å². The van der Waals surface area contributed by atoms with Crippen molar-refractivity contribution in [2.75, 3.05) is 13.2 Å². The summed E-state index contributed by atoms with van der Waals surface area (Å²) in [5.74, 6) is 0. The fraction of sp³-hybridized carbons (Fsp3) is 0.500. The van der Waals surface area contributed by atoms with Crippen LogP contribution in [0.4, 0.5) is 0 Å². The first-order valence-corrected chi connectivity index (χ1v) is 11.3. The Bertz CT molecular complexity index is 508. The van der Waals surface area contributed by atoms with Gasteiger partial charge in [0.2, 0.25) is 10.2 Å². The first-order valence-electron chi connectivity index (χ1n) is 6.24. The van der Waals surface area contributed by atoms with Crippen LogP contribution in [0.5, 0.6) is 0 Å². The third-order valence-corrected chi connectivity index (χ3v) is 12.2. The Balaban J connectivity index is 1.52. The lowest BCUT2D eigenvalue weighted by Crippen LogP contribution is -2.14. The van der Waals surface area contributed by atoms with Crippen LogP contribution in [0.2, 0.25) is 0 Å². The van der Waals surface area contributed by atoms with Gasteiger partial charge in [-0.15, -0.1) is 23.5 Å². The summed E-state index contributed by atoms with van der Waals surface area (Å²) in [7, 11) is 0. The van der Waals surface area contributed by atoms with E-state index in [1.807, 2.05) is 47.0 Å². The molecule has 4 heterocycles. The van der Waals surface area contributed by atoms with E-state index in [0.717, 1.165) is 10.2 Å². The van der Waals surface area contributed by atoms with Crippen LogP contribution in [0.3, 0.4) is 0 Å². The van der Waals surface area contributed by atoms with Crippen molar-refractivity contribution in [2.45, 2.75) is 24.3 Å². The molecule has 4 aliphatic heterocycles. The maximum atomic E-state index is 5.66. The van der Waals surface area contributed by atoms with Gasteiger partial charge in [-0.25, -0.2) is 0 Å². The van der Waals surface area contributed by atoms with Gasteiger partial charge >= 0.3 is 0 Å². The number of thioether (sulfide) groups is 6. The Labute approximate surface area is 144 Å². The van der Waals surface area contributed by atoms with Crippen molar-refractivity contribution < 1.29 is 9.47 Å². The molecular weight excluding hydrogens is 369 g/mol. The SMILES string of the molecule is C[C@@H]1SC2=C(SC(=C3SC4=C(OCCO4)S3)S2)S[C@@H]1C. The van der Waals surface area contributed by atoms with Crippen LogP contribution in [0.1, 0.15) is 13.8 Å². The molecule has 0 aliphatic carbocycles. The molecule has 0 unspecified atom stereocenters. The average Bonchev–Trinajstić information content (AvgIpc) is 3.02. The maximum Gasteiger partial charge on any atom is 0.208 e. The van der Waals surface area contributed by atoms with Gasteiger partial charge in [0.05, 0.1) is 16.9 Å². The second-order valence-electron chi connectivity index (χ2n) is 4.48.